The Hall–Kier alpha value is -2.66. The quantitative estimate of drug-likeness (QED) is 0.473. The minimum atomic E-state index is 0.510. The molecule has 2 aliphatic rings. The van der Waals surface area contributed by atoms with Crippen LogP contribution in [0.4, 0.5) is 11.5 Å². The zero-order chi connectivity index (χ0) is 23.2. The normalized spacial score (nSPS) is 18.2. The lowest BCUT2D eigenvalue weighted by Gasteiger charge is -2.34. The average Bonchev–Trinajstić information content (AvgIpc) is 3.38. The molecule has 0 unspecified atom stereocenters. The van der Waals surface area contributed by atoms with Crippen LogP contribution in [0.1, 0.15) is 50.3 Å². The van der Waals surface area contributed by atoms with Gasteiger partial charge in [0.15, 0.2) is 0 Å². The number of methoxy groups -OCH3 is 1. The summed E-state index contributed by atoms with van der Waals surface area (Å²) in [6.07, 6.45) is 15.5. The third-order valence-electron chi connectivity index (χ3n) is 7.05. The molecule has 1 aromatic carbocycles. The van der Waals surface area contributed by atoms with Crippen LogP contribution >= 0.6 is 0 Å². The molecule has 0 N–H and O–H groups in total. The van der Waals surface area contributed by atoms with Crippen molar-refractivity contribution in [2.45, 2.75) is 44.4 Å². The van der Waals surface area contributed by atoms with E-state index in [1.54, 1.807) is 7.11 Å². The number of piperidine rings is 1. The van der Waals surface area contributed by atoms with Crippen molar-refractivity contribution >= 4 is 22.4 Å². The van der Waals surface area contributed by atoms with Crippen molar-refractivity contribution in [2.24, 2.45) is 5.92 Å². The Balaban J connectivity index is 1.54. The van der Waals surface area contributed by atoms with Gasteiger partial charge in [-0.1, -0.05) is 49.3 Å². The van der Waals surface area contributed by atoms with Gasteiger partial charge in [0.1, 0.15) is 11.6 Å². The molecular formula is C28H38N4O. The van der Waals surface area contributed by atoms with E-state index in [-0.39, 0.29) is 0 Å². The number of rotatable bonds is 8. The summed E-state index contributed by atoms with van der Waals surface area (Å²) in [5, 5.41) is 1.17. The molecule has 5 nitrogen and oxygen atoms in total. The van der Waals surface area contributed by atoms with Crippen LogP contribution in [0.5, 0.6) is 0 Å². The number of hydrogen-bond acceptors (Lipinski definition) is 5. The Labute approximate surface area is 198 Å². The summed E-state index contributed by atoms with van der Waals surface area (Å²) < 4.78 is 5.05. The smallest absolute Gasteiger partial charge is 0.140 e. The molecule has 0 amide bonds. The molecule has 0 spiro atoms. The van der Waals surface area contributed by atoms with Gasteiger partial charge in [0.2, 0.25) is 0 Å². The van der Waals surface area contributed by atoms with E-state index in [0.717, 1.165) is 43.1 Å². The van der Waals surface area contributed by atoms with E-state index >= 15 is 0 Å². The van der Waals surface area contributed by atoms with Gasteiger partial charge in [-0.3, -0.25) is 0 Å². The fraction of sp³-hybridized carbons (Fsp3) is 0.500. The largest absolute Gasteiger partial charge is 0.381 e. The summed E-state index contributed by atoms with van der Waals surface area (Å²) in [4.78, 5) is 14.8. The van der Waals surface area contributed by atoms with E-state index in [1.165, 1.54) is 42.3 Å². The van der Waals surface area contributed by atoms with Gasteiger partial charge >= 0.3 is 0 Å². The summed E-state index contributed by atoms with van der Waals surface area (Å²) in [7, 11) is 5.88. The van der Waals surface area contributed by atoms with E-state index in [1.807, 2.05) is 12.2 Å². The van der Waals surface area contributed by atoms with Crippen molar-refractivity contribution in [1.29, 1.82) is 0 Å². The van der Waals surface area contributed by atoms with Crippen molar-refractivity contribution in [3.05, 3.63) is 60.5 Å². The van der Waals surface area contributed by atoms with Crippen LogP contribution in [0.25, 0.3) is 10.9 Å². The predicted molar refractivity (Wildman–Crippen MR) is 139 cm³/mol. The first-order valence-electron chi connectivity index (χ1n) is 12.3. The lowest BCUT2D eigenvalue weighted by atomic mass is 9.89. The fourth-order valence-electron chi connectivity index (χ4n) is 5.01. The molecule has 1 saturated carbocycles. The molecule has 4 rings (SSSR count). The van der Waals surface area contributed by atoms with Gasteiger partial charge in [-0.2, -0.15) is 0 Å². The first-order valence-corrected chi connectivity index (χ1v) is 12.3. The zero-order valence-electron chi connectivity index (χ0n) is 20.5. The molecule has 1 aliphatic carbocycles. The van der Waals surface area contributed by atoms with E-state index in [4.69, 9.17) is 14.7 Å². The molecule has 2 heterocycles. The third-order valence-corrected chi connectivity index (χ3v) is 7.05. The number of anilines is 2. The molecule has 33 heavy (non-hydrogen) atoms. The van der Waals surface area contributed by atoms with Gasteiger partial charge in [-0.25, -0.2) is 9.97 Å². The predicted octanol–water partition coefficient (Wildman–Crippen LogP) is 5.88. The number of fused-ring (bicyclic) bond motifs is 1. The Bertz CT molecular complexity index is 1010. The van der Waals surface area contributed by atoms with Crippen LogP contribution in [0, 0.1) is 5.92 Å². The molecule has 2 aromatic rings. The summed E-state index contributed by atoms with van der Waals surface area (Å²) >= 11 is 0. The number of hydrogen-bond donors (Lipinski definition) is 0. The van der Waals surface area contributed by atoms with Crippen LogP contribution in [0.3, 0.4) is 0 Å². The highest BCUT2D eigenvalue weighted by Crippen LogP contribution is 2.37. The Morgan fingerprint density at radius 2 is 1.88 bits per heavy atom. The van der Waals surface area contributed by atoms with Crippen LogP contribution in [0.2, 0.25) is 0 Å². The first kappa shape index (κ1) is 23.5. The molecule has 1 aliphatic heterocycles. The van der Waals surface area contributed by atoms with E-state index in [2.05, 4.69) is 60.8 Å². The molecule has 2 fully saturated rings. The fourth-order valence-corrected chi connectivity index (χ4v) is 5.01. The number of aromatic nitrogens is 2. The molecular weight excluding hydrogens is 408 g/mol. The van der Waals surface area contributed by atoms with Crippen molar-refractivity contribution in [3.8, 4) is 0 Å². The van der Waals surface area contributed by atoms with Crippen LogP contribution in [-0.4, -0.2) is 50.9 Å². The van der Waals surface area contributed by atoms with Crippen molar-refractivity contribution in [3.63, 3.8) is 0 Å². The van der Waals surface area contributed by atoms with Crippen LogP contribution < -0.4 is 9.80 Å². The van der Waals surface area contributed by atoms with Crippen molar-refractivity contribution < 1.29 is 4.74 Å². The maximum absolute atomic E-state index is 5.19. The van der Waals surface area contributed by atoms with Crippen LogP contribution in [-0.2, 0) is 4.74 Å². The summed E-state index contributed by atoms with van der Waals surface area (Å²) in [6.45, 7) is 6.98. The topological polar surface area (TPSA) is 41.5 Å². The summed E-state index contributed by atoms with van der Waals surface area (Å²) in [6, 6.07) is 6.59. The van der Waals surface area contributed by atoms with Gasteiger partial charge in [-0.05, 0) is 49.8 Å². The number of allylic oxidation sites excluding steroid dienone is 4. The lowest BCUT2D eigenvalue weighted by molar-refractivity contribution is 0.234. The Morgan fingerprint density at radius 3 is 2.58 bits per heavy atom. The van der Waals surface area contributed by atoms with Crippen molar-refractivity contribution in [2.75, 3.05) is 50.7 Å². The maximum atomic E-state index is 5.19. The number of benzene rings is 1. The highest BCUT2D eigenvalue weighted by Gasteiger charge is 2.26. The maximum Gasteiger partial charge on any atom is 0.140 e. The van der Waals surface area contributed by atoms with Crippen molar-refractivity contribution in [1.82, 2.24) is 9.97 Å². The SMILES string of the molecule is C=C(/C=C\C=C/COC)C1CCN(c2nc(C3CCCC3)nc3ccc(N(C)C)cc23)CC1. The van der Waals surface area contributed by atoms with Gasteiger partial charge in [0.25, 0.3) is 0 Å². The molecule has 1 saturated heterocycles. The molecule has 176 valence electrons. The zero-order valence-corrected chi connectivity index (χ0v) is 20.5. The lowest BCUT2D eigenvalue weighted by Crippen LogP contribution is -2.35. The minimum absolute atomic E-state index is 0.510. The summed E-state index contributed by atoms with van der Waals surface area (Å²) in [5.74, 6) is 3.20. The number of ether oxygens (including phenoxy) is 1. The van der Waals surface area contributed by atoms with Gasteiger partial charge in [0.05, 0.1) is 12.1 Å². The minimum Gasteiger partial charge on any atom is -0.381 e. The Kier molecular flexibility index (Phi) is 7.81. The molecule has 0 atom stereocenters. The second kappa shape index (κ2) is 11.0. The Morgan fingerprint density at radius 1 is 1.12 bits per heavy atom. The molecule has 1 aromatic heterocycles. The second-order valence-corrected chi connectivity index (χ2v) is 9.56. The second-order valence-electron chi connectivity index (χ2n) is 9.56. The highest BCUT2D eigenvalue weighted by atomic mass is 16.5. The van der Waals surface area contributed by atoms with Gasteiger partial charge < -0.3 is 14.5 Å². The van der Waals surface area contributed by atoms with Crippen LogP contribution in [0.15, 0.2) is 54.7 Å². The summed E-state index contributed by atoms with van der Waals surface area (Å²) in [5.41, 5.74) is 3.48. The van der Waals surface area contributed by atoms with E-state index in [0.29, 0.717) is 18.4 Å². The first-order chi connectivity index (χ1) is 16.1. The number of nitrogens with zero attached hydrogens (tertiary/aromatic N) is 4. The van der Waals surface area contributed by atoms with E-state index in [9.17, 15) is 0 Å². The molecule has 0 radical (unpaired) electrons. The standard InChI is InChI=1S/C28H38N4O/c1-21(10-6-5-9-19-33-4)22-15-17-32(18-16-22)28-25-20-24(31(2)3)13-14-26(25)29-27(30-28)23-11-7-8-12-23/h5-6,9-10,13-14,20,22-23H,1,7-8,11-12,15-19H2,2-4H3/b9-5-,10-6-. The highest BCUT2D eigenvalue weighted by molar-refractivity contribution is 5.92. The monoisotopic (exact) mass is 446 g/mol. The van der Waals surface area contributed by atoms with Gasteiger partial charge in [0, 0.05) is 51.3 Å². The third kappa shape index (κ3) is 5.64. The average molecular weight is 447 g/mol. The molecule has 0 bridgehead atoms. The van der Waals surface area contributed by atoms with E-state index < -0.39 is 0 Å². The van der Waals surface area contributed by atoms with Gasteiger partial charge in [-0.15, -0.1) is 0 Å². The molecule has 5 heteroatoms.